The fraction of sp³-hybridized carbons (Fsp3) is 0.243. The van der Waals surface area contributed by atoms with Crippen molar-refractivity contribution < 1.29 is 46.8 Å². The lowest BCUT2D eigenvalue weighted by Crippen LogP contribution is -2.39. The van der Waals surface area contributed by atoms with E-state index in [4.69, 9.17) is 111 Å². The number of pyridine rings is 3. The van der Waals surface area contributed by atoms with E-state index in [9.17, 15) is 14.9 Å². The van der Waals surface area contributed by atoms with Crippen LogP contribution in [0.5, 0.6) is 23.0 Å². The number of primary amides is 1. The lowest BCUT2D eigenvalue weighted by atomic mass is 9.96. The summed E-state index contributed by atoms with van der Waals surface area (Å²) < 4.78 is 52.7. The Kier molecular flexibility index (Phi) is 21.7. The number of carbonyl (C=O) groups excluding carboxylic acids is 2. The van der Waals surface area contributed by atoms with E-state index >= 15 is 0 Å². The van der Waals surface area contributed by atoms with Gasteiger partial charge in [0.15, 0.2) is 35.6 Å². The maximum absolute atomic E-state index is 13.3. The van der Waals surface area contributed by atoms with Gasteiger partial charge >= 0.3 is 0 Å². The first-order valence-electron chi connectivity index (χ1n) is 45.0. The number of aromatic nitrogens is 10. The summed E-state index contributed by atoms with van der Waals surface area (Å²) in [5.74, 6) is 5.03. The van der Waals surface area contributed by atoms with Crippen LogP contribution in [0.25, 0.3) is 87.6 Å². The molecular formula is C103H80Cl5N17O10S. The van der Waals surface area contributed by atoms with Crippen molar-refractivity contribution in [2.75, 3.05) is 39.3 Å². The molecule has 678 valence electrons. The topological polar surface area (TPSA) is 342 Å². The van der Waals surface area contributed by atoms with E-state index in [0.29, 0.717) is 79.7 Å². The van der Waals surface area contributed by atoms with Gasteiger partial charge in [-0.2, -0.15) is 10.4 Å². The zero-order valence-corrected chi connectivity index (χ0v) is 77.6. The van der Waals surface area contributed by atoms with Crippen LogP contribution in [0.3, 0.4) is 0 Å². The number of nitrogens with zero attached hydrogens (tertiary/aromatic N) is 12. The maximum atomic E-state index is 13.3. The maximum Gasteiger partial charge on any atom is 0.257 e. The van der Waals surface area contributed by atoms with Crippen molar-refractivity contribution in [2.24, 2.45) is 12.8 Å². The third kappa shape index (κ3) is 14.9. The monoisotopic (exact) mass is 1920 g/mol. The molecule has 33 heteroatoms. The molecule has 27 rings (SSSR count). The second kappa shape index (κ2) is 34.5. The molecule has 0 spiro atoms. The number of fused-ring (bicyclic) bond motifs is 15. The Labute approximate surface area is 805 Å². The molecule has 0 saturated carbocycles. The number of halogens is 5. The second-order valence-electron chi connectivity index (χ2n) is 35.2. The van der Waals surface area contributed by atoms with Gasteiger partial charge in [0, 0.05) is 266 Å². The van der Waals surface area contributed by atoms with Gasteiger partial charge < -0.3 is 64.3 Å². The van der Waals surface area contributed by atoms with E-state index in [1.165, 1.54) is 22.6 Å². The Hall–Kier alpha value is -13.3. The summed E-state index contributed by atoms with van der Waals surface area (Å²) in [6, 6.07) is 50.0. The van der Waals surface area contributed by atoms with Crippen molar-refractivity contribution in [3.63, 3.8) is 0 Å². The van der Waals surface area contributed by atoms with Gasteiger partial charge in [0.05, 0.1) is 72.7 Å². The number of hydrogen-bond acceptors (Lipinski definition) is 25. The van der Waals surface area contributed by atoms with Crippen LogP contribution in [0.15, 0.2) is 184 Å². The number of rotatable bonds is 10. The highest BCUT2D eigenvalue weighted by molar-refractivity contribution is 7.19. The fourth-order valence-electron chi connectivity index (χ4n) is 20.9. The normalized spacial score (nSPS) is 18.8. The number of carbonyl (C=O) groups is 2. The summed E-state index contributed by atoms with van der Waals surface area (Å²) >= 11 is 34.0. The standard InChI is InChI=1S/C30H22ClN5O4S.C25H19ClN4O2.C24H20Cl2N4O.C24H19ClN4O3/c31-16-9-15-10-23(27-19-13-32-6-5-21(19)35-40-27)39-26(15)18(11-16)25-28-22(33-14-34-25)12-24(41-28)30-20-4-2-1-3-17(20)29(37)36(30)7-8-38-30;1-13-6-18(17-3-2-14(11-27)7-22(17)29-13)19-10-16(26)8-15-9-23(31-24(15)19)25-20-12-28-5-4-21(20)30-32-25;1-30-21-5-6-27-12-19(21)23(29-30)22-9-13-8-15(26)10-18(24(13)31-22)16-4-7-28-20-11-14(25)2-3-17(16)20;25-14-7-13-9-21(23-18-11-27-5-4-19(18)29-32-23)31-22(13)17(10-14)15-3-6-28-20-8-12(24(26)30)1-2-16(15)20/h1-4,9,11-12,14,23,32H,5-8,10,13H2;2-3,6-8,10,23,28H,4-5,9,12H2,1H3;2-4,7-8,10-11,22,27H,5-6,9,12H2,1H3;1-3,6-8,10,21,27H,4-5,9,11H2,(H2,26,30). The highest BCUT2D eigenvalue weighted by atomic mass is 35.5. The molecule has 136 heavy (non-hydrogen) atoms. The molecule has 10 aliphatic heterocycles. The largest absolute Gasteiger partial charge is 0.483 e. The van der Waals surface area contributed by atoms with Gasteiger partial charge in [-0.1, -0.05) is 110 Å². The van der Waals surface area contributed by atoms with E-state index < -0.39 is 11.6 Å². The van der Waals surface area contributed by atoms with Crippen LogP contribution in [-0.2, 0) is 95.1 Å². The number of nitrogens with one attached hydrogen (secondary N) is 4. The summed E-state index contributed by atoms with van der Waals surface area (Å²) in [5, 5.41) is 46.7. The summed E-state index contributed by atoms with van der Waals surface area (Å²) in [4.78, 5) is 50.5. The number of thiophene rings is 1. The summed E-state index contributed by atoms with van der Waals surface area (Å²) in [6.07, 6.45) is 10.4. The predicted octanol–water partition coefficient (Wildman–Crippen LogP) is 19.3. The molecule has 0 aliphatic carbocycles. The smallest absolute Gasteiger partial charge is 0.257 e. The van der Waals surface area contributed by atoms with Crippen LogP contribution in [0.2, 0.25) is 25.1 Å². The average Bonchev–Trinajstić information content (AvgIpc) is 1.54. The minimum atomic E-state index is -0.965. The Morgan fingerprint density at radius 1 is 0.507 bits per heavy atom. The Morgan fingerprint density at radius 2 is 1.01 bits per heavy atom. The zero-order chi connectivity index (χ0) is 92.0. The number of benzene rings is 8. The zero-order valence-electron chi connectivity index (χ0n) is 73.0. The number of ether oxygens (including phenoxy) is 5. The first-order valence-corrected chi connectivity index (χ1v) is 47.7. The van der Waals surface area contributed by atoms with Crippen molar-refractivity contribution in [3.8, 4) is 73.7 Å². The Balaban J connectivity index is 0.0000000999. The van der Waals surface area contributed by atoms with Gasteiger partial charge in [0.1, 0.15) is 41.1 Å². The van der Waals surface area contributed by atoms with E-state index in [0.717, 1.165) is 285 Å². The van der Waals surface area contributed by atoms with Gasteiger partial charge in [-0.25, -0.2) is 9.97 Å². The number of nitriles is 1. The van der Waals surface area contributed by atoms with Gasteiger partial charge in [-0.05, 0) is 139 Å². The first kappa shape index (κ1) is 85.7. The summed E-state index contributed by atoms with van der Waals surface area (Å²) in [6.45, 7) is 9.64. The van der Waals surface area contributed by atoms with Gasteiger partial charge in [-0.15, -0.1) is 11.3 Å². The molecule has 6 N–H and O–H groups in total. The number of aryl methyl sites for hydroxylation is 2. The van der Waals surface area contributed by atoms with Crippen molar-refractivity contribution in [2.45, 2.75) is 115 Å². The quantitative estimate of drug-likeness (QED) is 0.0849. The minimum absolute atomic E-state index is 0.0150. The number of nitrogens with two attached hydrogens (primary N) is 1. The Bertz CT molecular complexity index is 7920. The van der Waals surface area contributed by atoms with E-state index in [-0.39, 0.29) is 30.3 Å². The molecule has 5 unspecified atom stereocenters. The lowest BCUT2D eigenvalue weighted by Gasteiger charge is -2.30. The van der Waals surface area contributed by atoms with Crippen molar-refractivity contribution >= 4 is 124 Å². The average molecular weight is 1930 g/mol. The van der Waals surface area contributed by atoms with Gasteiger partial charge in [0.2, 0.25) is 11.6 Å². The summed E-state index contributed by atoms with van der Waals surface area (Å²) in [5.41, 5.74) is 32.2. The molecule has 1 fully saturated rings. The highest BCUT2D eigenvalue weighted by Crippen LogP contribution is 2.56. The molecule has 5 atom stereocenters. The highest BCUT2D eigenvalue weighted by Gasteiger charge is 2.56. The molecule has 17 aromatic rings. The number of hydrogen-bond donors (Lipinski definition) is 5. The first-order chi connectivity index (χ1) is 66.4. The third-order valence-corrected chi connectivity index (χ3v) is 29.4. The second-order valence-corrected chi connectivity index (χ2v) is 38.5. The van der Waals surface area contributed by atoms with E-state index in [1.54, 1.807) is 30.9 Å². The summed E-state index contributed by atoms with van der Waals surface area (Å²) in [7, 11) is 2.02. The van der Waals surface area contributed by atoms with Crippen LogP contribution >= 0.6 is 69.3 Å². The third-order valence-electron chi connectivity index (χ3n) is 27.1. The van der Waals surface area contributed by atoms with E-state index in [2.05, 4.69) is 62.7 Å². The molecule has 0 bridgehead atoms. The molecule has 1 saturated heterocycles. The molecular weight excluding hydrogens is 1840 g/mol. The molecule has 2 amide bonds. The molecule has 0 radical (unpaired) electrons. The van der Waals surface area contributed by atoms with Crippen LogP contribution in [0, 0.1) is 18.3 Å². The van der Waals surface area contributed by atoms with Gasteiger partial charge in [0.25, 0.3) is 5.91 Å². The van der Waals surface area contributed by atoms with E-state index in [1.807, 2.05) is 163 Å². The van der Waals surface area contributed by atoms with Crippen molar-refractivity contribution in [1.82, 2.24) is 76.3 Å². The van der Waals surface area contributed by atoms with Gasteiger partial charge in [-0.3, -0.25) is 34.1 Å². The molecule has 27 nitrogen and oxygen atoms in total. The molecule has 9 aromatic heterocycles. The SMILES string of the molecule is Cc1cc(-c2cc(Cl)cc3c2OC(c2onc4c2CNCC4)C3)c2ccc(C#N)cc2n1.Cn1nc(C2Cc3cc(Cl)cc(-c4ccnc5cc(Cl)ccc45)c3O2)c2c1CCNC2.NC(=O)c1ccc2c(-c3cc(Cl)cc4c3OC(c3onc5c3CNCC5)C4)ccnc2c1.O=C1c2ccccc2C2(c3cc4ncnc(-c5cc(Cl)cc6c5OC(c5onc7c5CNCC7)C6)c4s3)OCCN12. The van der Waals surface area contributed by atoms with Crippen LogP contribution in [-0.4, -0.2) is 106 Å². The molecule has 10 aliphatic rings. The fourth-order valence-corrected chi connectivity index (χ4v) is 23.3. The predicted molar refractivity (Wildman–Crippen MR) is 514 cm³/mol. The van der Waals surface area contributed by atoms with Crippen LogP contribution in [0.4, 0.5) is 0 Å². The lowest BCUT2D eigenvalue weighted by molar-refractivity contribution is -0.0275. The van der Waals surface area contributed by atoms with Crippen molar-refractivity contribution in [1.29, 1.82) is 5.26 Å². The van der Waals surface area contributed by atoms with Crippen LogP contribution in [0.1, 0.15) is 157 Å². The molecule has 8 aromatic carbocycles. The Morgan fingerprint density at radius 3 is 1.60 bits per heavy atom. The minimum Gasteiger partial charge on any atom is -0.483 e. The molecule has 19 heterocycles. The van der Waals surface area contributed by atoms with Crippen LogP contribution < -0.4 is 45.9 Å². The number of amides is 2. The van der Waals surface area contributed by atoms with Crippen molar-refractivity contribution in [3.05, 3.63) is 319 Å².